The van der Waals surface area contributed by atoms with E-state index >= 15 is 0 Å². The molecule has 0 bridgehead atoms. The second-order valence-electron chi connectivity index (χ2n) is 8.59. The number of carboxylic acid groups (broad SMARTS) is 1. The van der Waals surface area contributed by atoms with Crippen molar-refractivity contribution in [1.82, 2.24) is 15.2 Å². The van der Waals surface area contributed by atoms with E-state index in [1.54, 1.807) is 0 Å². The lowest BCUT2D eigenvalue weighted by Gasteiger charge is -2.49. The number of carbonyl (C=O) groups is 3. The van der Waals surface area contributed by atoms with Crippen LogP contribution >= 0.6 is 23.1 Å². The molecular weight excluding hydrogens is 488 g/mol. The molecular formula is C19H25N6O7S2+. The van der Waals surface area contributed by atoms with Gasteiger partial charge in [0.2, 0.25) is 0 Å². The second-order valence-corrected chi connectivity index (χ2v) is 10.6. The SMILES string of the molecule is CON=C(C(=O)NC1C(=O)N2C(C(=O)O)=C(C[N+]3(C)C[C@@H](O)[C@@H](O)C3)CS[C@@H]12)c1csc(N)n1. The van der Waals surface area contributed by atoms with Crippen molar-refractivity contribution in [1.29, 1.82) is 0 Å². The Morgan fingerprint density at radius 2 is 2.06 bits per heavy atom. The molecule has 2 saturated heterocycles. The van der Waals surface area contributed by atoms with E-state index in [9.17, 15) is 29.7 Å². The molecule has 34 heavy (non-hydrogen) atoms. The minimum absolute atomic E-state index is 0.118. The molecule has 13 nitrogen and oxygen atoms in total. The number of nitrogen functional groups attached to an aromatic ring is 1. The van der Waals surface area contributed by atoms with Crippen LogP contribution in [0.15, 0.2) is 21.8 Å². The lowest BCUT2D eigenvalue weighted by molar-refractivity contribution is -0.895. The van der Waals surface area contributed by atoms with Gasteiger partial charge in [-0.15, -0.1) is 23.1 Å². The van der Waals surface area contributed by atoms with Crippen LogP contribution in [0.25, 0.3) is 0 Å². The normalized spacial score (nSPS) is 31.2. The van der Waals surface area contributed by atoms with Crippen molar-refractivity contribution in [2.45, 2.75) is 23.6 Å². The Kier molecular flexibility index (Phi) is 6.56. The Hall–Kier alpha value is -2.72. The van der Waals surface area contributed by atoms with Crippen molar-refractivity contribution in [3.05, 3.63) is 22.3 Å². The first-order valence-electron chi connectivity index (χ1n) is 10.3. The number of hydrogen-bond acceptors (Lipinski definition) is 11. The van der Waals surface area contributed by atoms with Gasteiger partial charge in [-0.2, -0.15) is 0 Å². The van der Waals surface area contributed by atoms with Crippen LogP contribution < -0.4 is 11.1 Å². The van der Waals surface area contributed by atoms with E-state index in [0.29, 0.717) is 11.3 Å². The molecule has 4 heterocycles. The molecule has 15 heteroatoms. The predicted octanol–water partition coefficient (Wildman–Crippen LogP) is -2.00. The van der Waals surface area contributed by atoms with E-state index in [-0.39, 0.29) is 46.4 Å². The number of likely N-dealkylation sites (tertiary alicyclic amines) is 1. The monoisotopic (exact) mass is 513 g/mol. The van der Waals surface area contributed by atoms with E-state index < -0.39 is 41.4 Å². The van der Waals surface area contributed by atoms with Crippen LogP contribution in [0.3, 0.4) is 0 Å². The third-order valence-electron chi connectivity index (χ3n) is 5.97. The van der Waals surface area contributed by atoms with E-state index in [4.69, 9.17) is 10.6 Å². The van der Waals surface area contributed by atoms with Gasteiger partial charge < -0.3 is 35.7 Å². The van der Waals surface area contributed by atoms with Crippen molar-refractivity contribution in [2.75, 3.05) is 45.3 Å². The summed E-state index contributed by atoms with van der Waals surface area (Å²) in [4.78, 5) is 47.8. The molecule has 0 radical (unpaired) electrons. The number of nitrogens with two attached hydrogens (primary N) is 1. The quantitative estimate of drug-likeness (QED) is 0.118. The lowest BCUT2D eigenvalue weighted by atomic mass is 10.0. The second kappa shape index (κ2) is 9.14. The van der Waals surface area contributed by atoms with Crippen molar-refractivity contribution in [3.8, 4) is 0 Å². The van der Waals surface area contributed by atoms with Crippen LogP contribution in [-0.4, -0.2) is 116 Å². The fraction of sp³-hybridized carbons (Fsp3) is 0.526. The Morgan fingerprint density at radius 1 is 1.38 bits per heavy atom. The minimum atomic E-state index is -1.25. The summed E-state index contributed by atoms with van der Waals surface area (Å²) >= 11 is 2.45. The number of fused-ring (bicyclic) bond motifs is 1. The van der Waals surface area contributed by atoms with Gasteiger partial charge in [0.15, 0.2) is 10.8 Å². The average molecular weight is 514 g/mol. The number of anilines is 1. The number of nitrogens with zero attached hydrogens (tertiary/aromatic N) is 4. The van der Waals surface area contributed by atoms with Crippen molar-refractivity contribution in [2.24, 2.45) is 5.16 Å². The molecule has 0 aliphatic carbocycles. The first-order chi connectivity index (χ1) is 16.0. The molecule has 1 aromatic rings. The van der Waals surface area contributed by atoms with Gasteiger partial charge in [-0.25, -0.2) is 9.78 Å². The average Bonchev–Trinajstić information content (AvgIpc) is 3.30. The number of aliphatic hydroxyl groups is 2. The molecule has 6 N–H and O–H groups in total. The molecule has 1 aromatic heterocycles. The van der Waals surface area contributed by atoms with Crippen LogP contribution in [0.4, 0.5) is 5.13 Å². The number of quaternary nitrogens is 1. The summed E-state index contributed by atoms with van der Waals surface area (Å²) in [7, 11) is 3.09. The maximum Gasteiger partial charge on any atom is 0.352 e. The van der Waals surface area contributed by atoms with E-state index in [1.165, 1.54) is 29.2 Å². The number of hydrogen-bond donors (Lipinski definition) is 5. The van der Waals surface area contributed by atoms with Gasteiger partial charge in [-0.3, -0.25) is 14.5 Å². The van der Waals surface area contributed by atoms with Crippen molar-refractivity contribution in [3.63, 3.8) is 0 Å². The van der Waals surface area contributed by atoms with E-state index in [1.807, 2.05) is 7.05 Å². The number of carboxylic acids is 1. The summed E-state index contributed by atoms with van der Waals surface area (Å²) in [5.74, 6) is -2.18. The number of likely N-dealkylation sites (N-methyl/N-ethyl adjacent to an activating group) is 1. The van der Waals surface area contributed by atoms with Crippen LogP contribution in [0, 0.1) is 0 Å². The smallest absolute Gasteiger partial charge is 0.352 e. The molecule has 3 aliphatic heterocycles. The third kappa shape index (κ3) is 4.36. The highest BCUT2D eigenvalue weighted by Crippen LogP contribution is 2.41. The number of oxime groups is 1. The molecule has 5 atom stereocenters. The molecule has 0 spiro atoms. The van der Waals surface area contributed by atoms with Gasteiger partial charge in [-0.05, 0) is 0 Å². The molecule has 0 aromatic carbocycles. The highest BCUT2D eigenvalue weighted by Gasteiger charge is 2.55. The summed E-state index contributed by atoms with van der Waals surface area (Å²) in [5, 5.41) is 37.2. The van der Waals surface area contributed by atoms with Gasteiger partial charge in [0.25, 0.3) is 11.8 Å². The van der Waals surface area contributed by atoms with E-state index in [2.05, 4.69) is 15.5 Å². The number of β-lactam (4-membered cyclic amide) rings is 1. The first-order valence-corrected chi connectivity index (χ1v) is 12.2. The zero-order valence-corrected chi connectivity index (χ0v) is 20.0. The summed E-state index contributed by atoms with van der Waals surface area (Å²) in [6.07, 6.45) is -1.77. The van der Waals surface area contributed by atoms with Gasteiger partial charge in [-0.1, -0.05) is 5.16 Å². The largest absolute Gasteiger partial charge is 0.477 e. The molecule has 2 fully saturated rings. The fourth-order valence-corrected chi connectivity index (χ4v) is 6.40. The number of aliphatic carboxylic acids is 1. The van der Waals surface area contributed by atoms with Crippen LogP contribution in [0.5, 0.6) is 0 Å². The van der Waals surface area contributed by atoms with Crippen molar-refractivity contribution >= 4 is 51.7 Å². The minimum Gasteiger partial charge on any atom is -0.477 e. The van der Waals surface area contributed by atoms with Gasteiger partial charge >= 0.3 is 5.97 Å². The highest BCUT2D eigenvalue weighted by molar-refractivity contribution is 8.00. The standard InChI is InChI=1S/C19H24N6O7S2/c1-25(4-10(26)11(27)5-25)3-8-6-33-17-13(16(29)24(17)14(8)18(30)31)22-15(28)12(23-32-2)9-7-34-19(20)21-9/h7,10-11,13,17,26-27H,3-6H2,1-2H3,(H3-,20,21,22,28,30,31)/p+1/t10-,11+,13?,17-,25?/m0/s1. The third-order valence-corrected chi connectivity index (χ3v) is 7.98. The number of amides is 2. The zero-order chi connectivity index (χ0) is 24.8. The molecule has 2 amide bonds. The summed E-state index contributed by atoms with van der Waals surface area (Å²) in [5.41, 5.74) is 6.09. The molecule has 3 aliphatic rings. The molecule has 184 valence electrons. The Balaban J connectivity index is 1.52. The topological polar surface area (TPSA) is 188 Å². The number of aliphatic hydroxyl groups excluding tert-OH is 2. The predicted molar refractivity (Wildman–Crippen MR) is 123 cm³/mol. The number of aromatic nitrogens is 1. The Labute approximate surface area is 202 Å². The maximum atomic E-state index is 12.9. The van der Waals surface area contributed by atoms with Gasteiger partial charge in [0.1, 0.15) is 61.8 Å². The molecule has 0 saturated carbocycles. The van der Waals surface area contributed by atoms with Gasteiger partial charge in [0.05, 0.1) is 7.05 Å². The first kappa shape index (κ1) is 24.4. The Bertz CT molecular complexity index is 1080. The molecule has 2 unspecified atom stereocenters. The number of nitrogens with one attached hydrogen (secondary N) is 1. The maximum absolute atomic E-state index is 12.9. The summed E-state index contributed by atoms with van der Waals surface area (Å²) in [6.45, 7) is 0.828. The van der Waals surface area contributed by atoms with Crippen LogP contribution in [-0.2, 0) is 19.2 Å². The summed E-state index contributed by atoms with van der Waals surface area (Å²) in [6, 6.07) is -0.952. The van der Waals surface area contributed by atoms with Gasteiger partial charge in [0, 0.05) is 16.7 Å². The highest BCUT2D eigenvalue weighted by atomic mass is 32.2. The lowest BCUT2D eigenvalue weighted by Crippen LogP contribution is -2.71. The Morgan fingerprint density at radius 3 is 2.62 bits per heavy atom. The van der Waals surface area contributed by atoms with Crippen LogP contribution in [0.1, 0.15) is 5.69 Å². The van der Waals surface area contributed by atoms with Crippen molar-refractivity contribution < 1.29 is 39.0 Å². The zero-order valence-electron chi connectivity index (χ0n) is 18.4. The fourth-order valence-electron chi connectivity index (χ4n) is 4.52. The van der Waals surface area contributed by atoms with E-state index in [0.717, 1.165) is 11.3 Å². The number of carbonyl (C=O) groups excluding carboxylic acids is 2. The number of thioether (sulfide) groups is 1. The number of rotatable bonds is 7. The van der Waals surface area contributed by atoms with Crippen LogP contribution in [0.2, 0.25) is 0 Å². The molecule has 4 rings (SSSR count). The summed E-state index contributed by atoms with van der Waals surface area (Å²) < 4.78 is 0.259. The number of thiazole rings is 1.